The van der Waals surface area contributed by atoms with Gasteiger partial charge in [0, 0.05) is 18.5 Å². The summed E-state index contributed by atoms with van der Waals surface area (Å²) >= 11 is 0. The molecule has 1 fully saturated rings. The minimum Gasteiger partial charge on any atom is -0.468 e. The summed E-state index contributed by atoms with van der Waals surface area (Å²) in [5, 5.41) is 11.2. The molecule has 1 N–H and O–H groups in total. The molecule has 27 heavy (non-hydrogen) atoms. The summed E-state index contributed by atoms with van der Waals surface area (Å²) in [5.74, 6) is 2.67. The standard InChI is InChI=1S/C21H27NO4Si/c1-20(25)13-11-17(23)22-16-10-7-6-9-15(16)21(18(20)22,19(24)26-2)12-8-14-27(3,4)5/h6-7,9-10,18,25H,11-13H2,1-5H3/t18-,20-,21-/m0/s1. The predicted octanol–water partition coefficient (Wildman–Crippen LogP) is 2.63. The molecule has 3 rings (SSSR count). The number of methoxy groups -OCH3 is 1. The van der Waals surface area contributed by atoms with E-state index < -0.39 is 31.1 Å². The number of benzene rings is 1. The van der Waals surface area contributed by atoms with E-state index in [4.69, 9.17) is 4.74 Å². The van der Waals surface area contributed by atoms with Crippen molar-refractivity contribution in [1.82, 2.24) is 0 Å². The summed E-state index contributed by atoms with van der Waals surface area (Å²) < 4.78 is 5.21. The number of fused-ring (bicyclic) bond motifs is 3. The number of esters is 1. The van der Waals surface area contributed by atoms with E-state index >= 15 is 0 Å². The zero-order valence-corrected chi connectivity index (χ0v) is 17.6. The number of amides is 1. The molecule has 0 aromatic heterocycles. The van der Waals surface area contributed by atoms with Crippen LogP contribution in [0.25, 0.3) is 0 Å². The zero-order chi connectivity index (χ0) is 20.0. The molecule has 0 saturated carbocycles. The smallest absolute Gasteiger partial charge is 0.319 e. The summed E-state index contributed by atoms with van der Waals surface area (Å²) in [6.07, 6.45) is 0.766. The van der Waals surface area contributed by atoms with Crippen LogP contribution < -0.4 is 4.90 Å². The SMILES string of the molecule is COC(=O)[C@@]1(CC#C[Si](C)(C)C)c2ccccc2N2C(=O)CC[C@](C)(O)[C@H]21. The number of aliphatic hydroxyl groups is 1. The second kappa shape index (κ2) is 6.50. The van der Waals surface area contributed by atoms with Crippen molar-refractivity contribution in [2.45, 2.75) is 62.9 Å². The van der Waals surface area contributed by atoms with Gasteiger partial charge in [-0.3, -0.25) is 9.59 Å². The van der Waals surface area contributed by atoms with Crippen molar-refractivity contribution in [2.24, 2.45) is 0 Å². The first kappa shape index (κ1) is 19.7. The van der Waals surface area contributed by atoms with Crippen LogP contribution in [0.2, 0.25) is 19.6 Å². The van der Waals surface area contributed by atoms with Gasteiger partial charge in [-0.15, -0.1) is 11.5 Å². The van der Waals surface area contributed by atoms with E-state index in [2.05, 4.69) is 31.1 Å². The van der Waals surface area contributed by atoms with E-state index in [1.807, 2.05) is 24.3 Å². The van der Waals surface area contributed by atoms with Crippen molar-refractivity contribution < 1.29 is 19.4 Å². The Balaban J connectivity index is 2.26. The monoisotopic (exact) mass is 385 g/mol. The Bertz CT molecular complexity index is 846. The molecule has 1 aromatic rings. The highest BCUT2D eigenvalue weighted by Gasteiger charge is 2.65. The topological polar surface area (TPSA) is 66.8 Å². The molecule has 2 aliphatic rings. The van der Waals surface area contributed by atoms with Crippen molar-refractivity contribution in [3.05, 3.63) is 29.8 Å². The summed E-state index contributed by atoms with van der Waals surface area (Å²) in [4.78, 5) is 27.6. The number of carbonyl (C=O) groups is 2. The normalized spacial score (nSPS) is 29.5. The molecule has 0 unspecified atom stereocenters. The van der Waals surface area contributed by atoms with Crippen LogP contribution in [0.3, 0.4) is 0 Å². The largest absolute Gasteiger partial charge is 0.468 e. The van der Waals surface area contributed by atoms with Gasteiger partial charge in [0.25, 0.3) is 0 Å². The molecule has 0 spiro atoms. The lowest BCUT2D eigenvalue weighted by molar-refractivity contribution is -0.153. The molecule has 2 aliphatic heterocycles. The van der Waals surface area contributed by atoms with Crippen LogP contribution in [-0.4, -0.2) is 43.8 Å². The van der Waals surface area contributed by atoms with Gasteiger partial charge < -0.3 is 14.7 Å². The Hall–Kier alpha value is -2.10. The molecule has 0 aliphatic carbocycles. The first-order valence-corrected chi connectivity index (χ1v) is 12.8. The number of hydrogen-bond acceptors (Lipinski definition) is 4. The minimum absolute atomic E-state index is 0.0806. The van der Waals surface area contributed by atoms with Crippen molar-refractivity contribution in [2.75, 3.05) is 12.0 Å². The van der Waals surface area contributed by atoms with Crippen LogP contribution in [0.4, 0.5) is 5.69 Å². The van der Waals surface area contributed by atoms with Crippen molar-refractivity contribution in [3.8, 4) is 11.5 Å². The molecule has 0 radical (unpaired) electrons. The molecule has 1 saturated heterocycles. The number of nitrogens with zero attached hydrogens (tertiary/aromatic N) is 1. The number of piperidine rings is 1. The number of hydrogen-bond donors (Lipinski definition) is 1. The molecular formula is C21H27NO4Si. The Labute approximate surface area is 161 Å². The van der Waals surface area contributed by atoms with Crippen LogP contribution in [-0.2, 0) is 19.7 Å². The predicted molar refractivity (Wildman–Crippen MR) is 107 cm³/mol. The Morgan fingerprint density at radius 3 is 2.67 bits per heavy atom. The number of para-hydroxylation sites is 1. The number of rotatable bonds is 2. The fourth-order valence-corrected chi connectivity index (χ4v) is 5.01. The van der Waals surface area contributed by atoms with Crippen LogP contribution in [0, 0.1) is 11.5 Å². The highest BCUT2D eigenvalue weighted by atomic mass is 28.3. The third-order valence-corrected chi connectivity index (χ3v) is 6.38. The van der Waals surface area contributed by atoms with Gasteiger partial charge >= 0.3 is 5.97 Å². The van der Waals surface area contributed by atoms with Crippen LogP contribution >= 0.6 is 0 Å². The number of carbonyl (C=O) groups excluding carboxylic acids is 2. The maximum absolute atomic E-state index is 13.2. The van der Waals surface area contributed by atoms with E-state index in [0.717, 1.165) is 0 Å². The lowest BCUT2D eigenvalue weighted by Crippen LogP contribution is -2.65. The fourth-order valence-electron chi connectivity index (χ4n) is 4.39. The Morgan fingerprint density at radius 2 is 2.04 bits per heavy atom. The summed E-state index contributed by atoms with van der Waals surface area (Å²) in [7, 11) is -0.300. The first-order chi connectivity index (χ1) is 12.5. The molecular weight excluding hydrogens is 358 g/mol. The molecule has 144 valence electrons. The lowest BCUT2D eigenvalue weighted by Gasteiger charge is -2.47. The van der Waals surface area contributed by atoms with E-state index in [1.54, 1.807) is 11.8 Å². The van der Waals surface area contributed by atoms with Gasteiger partial charge in [-0.2, -0.15) is 0 Å². The van der Waals surface area contributed by atoms with Gasteiger partial charge in [-0.05, 0) is 25.0 Å². The van der Waals surface area contributed by atoms with Crippen molar-refractivity contribution in [1.29, 1.82) is 0 Å². The molecule has 2 heterocycles. The summed E-state index contributed by atoms with van der Waals surface area (Å²) in [6.45, 7) is 8.12. The van der Waals surface area contributed by atoms with Crippen molar-refractivity contribution in [3.63, 3.8) is 0 Å². The summed E-state index contributed by atoms with van der Waals surface area (Å²) in [5.41, 5.74) is 2.28. The van der Waals surface area contributed by atoms with E-state index in [1.165, 1.54) is 7.11 Å². The Kier molecular flexibility index (Phi) is 4.73. The van der Waals surface area contributed by atoms with Gasteiger partial charge in [0.05, 0.1) is 18.8 Å². The first-order valence-electron chi connectivity index (χ1n) is 9.27. The Morgan fingerprint density at radius 1 is 1.37 bits per heavy atom. The molecule has 0 bridgehead atoms. The number of ether oxygens (including phenoxy) is 1. The molecule has 6 heteroatoms. The van der Waals surface area contributed by atoms with Gasteiger partial charge in [0.2, 0.25) is 5.91 Å². The third kappa shape index (κ3) is 3.09. The summed E-state index contributed by atoms with van der Waals surface area (Å²) in [6, 6.07) is 6.64. The van der Waals surface area contributed by atoms with Crippen LogP contribution in [0.15, 0.2) is 24.3 Å². The molecule has 1 amide bonds. The minimum atomic E-state index is -1.65. The van der Waals surface area contributed by atoms with Gasteiger partial charge in [-0.25, -0.2) is 0 Å². The van der Waals surface area contributed by atoms with Gasteiger partial charge in [0.15, 0.2) is 0 Å². The second-order valence-electron chi connectivity index (χ2n) is 8.73. The quantitative estimate of drug-likeness (QED) is 0.483. The molecule has 1 aromatic carbocycles. The van der Waals surface area contributed by atoms with Crippen LogP contribution in [0.5, 0.6) is 0 Å². The fraction of sp³-hybridized carbons (Fsp3) is 0.524. The maximum Gasteiger partial charge on any atom is 0.319 e. The van der Waals surface area contributed by atoms with E-state index in [-0.39, 0.29) is 18.7 Å². The second-order valence-corrected chi connectivity index (χ2v) is 13.5. The van der Waals surface area contributed by atoms with E-state index in [0.29, 0.717) is 17.7 Å². The van der Waals surface area contributed by atoms with E-state index in [9.17, 15) is 14.7 Å². The third-order valence-electron chi connectivity index (χ3n) is 5.45. The molecule has 3 atom stereocenters. The van der Waals surface area contributed by atoms with Crippen molar-refractivity contribution >= 4 is 25.6 Å². The van der Waals surface area contributed by atoms with Gasteiger partial charge in [-0.1, -0.05) is 37.8 Å². The maximum atomic E-state index is 13.2. The average Bonchev–Trinajstić information content (AvgIpc) is 2.90. The average molecular weight is 386 g/mol. The van der Waals surface area contributed by atoms with Crippen LogP contribution in [0.1, 0.15) is 31.7 Å². The number of anilines is 1. The molecule has 5 nitrogen and oxygen atoms in total. The highest BCUT2D eigenvalue weighted by Crippen LogP contribution is 2.54. The lowest BCUT2D eigenvalue weighted by atomic mass is 9.66. The zero-order valence-electron chi connectivity index (χ0n) is 16.6. The highest BCUT2D eigenvalue weighted by molar-refractivity contribution is 6.83. The van der Waals surface area contributed by atoms with Gasteiger partial charge in [0.1, 0.15) is 13.5 Å².